The molecule has 5 rings (SSSR count). The maximum atomic E-state index is 14.2. The Hall–Kier alpha value is -3.91. The summed E-state index contributed by atoms with van der Waals surface area (Å²) in [6.07, 6.45) is -1.51. The fourth-order valence-corrected chi connectivity index (χ4v) is 5.65. The van der Waals surface area contributed by atoms with Crippen LogP contribution < -0.4 is 10.2 Å². The molecule has 3 aromatic rings. The molecule has 0 spiro atoms. The number of aromatic nitrogens is 4. The third-order valence-corrected chi connectivity index (χ3v) is 7.93. The van der Waals surface area contributed by atoms with Crippen molar-refractivity contribution in [2.75, 3.05) is 69.9 Å². The largest absolute Gasteiger partial charge is 0.383 e. The van der Waals surface area contributed by atoms with E-state index in [1.165, 1.54) is 4.57 Å². The zero-order chi connectivity index (χ0) is 30.5. The van der Waals surface area contributed by atoms with Crippen LogP contribution >= 0.6 is 0 Å². The smallest absolute Gasteiger partial charge is 0.296 e. The van der Waals surface area contributed by atoms with E-state index in [0.717, 1.165) is 0 Å². The Bertz CT molecular complexity index is 1420. The van der Waals surface area contributed by atoms with Gasteiger partial charge in [-0.3, -0.25) is 14.2 Å². The second-order valence-electron chi connectivity index (χ2n) is 10.7. The van der Waals surface area contributed by atoms with Crippen molar-refractivity contribution in [1.82, 2.24) is 29.3 Å². The van der Waals surface area contributed by atoms with E-state index in [1.807, 2.05) is 4.90 Å². The first-order valence-electron chi connectivity index (χ1n) is 14.6. The highest BCUT2D eigenvalue weighted by atomic mass is 19.3. The Kier molecular flexibility index (Phi) is 9.65. The fraction of sp³-hybridized carbons (Fsp3) is 0.552. The highest BCUT2D eigenvalue weighted by Gasteiger charge is 2.32. The summed E-state index contributed by atoms with van der Waals surface area (Å²) in [6.45, 7) is 7.35. The summed E-state index contributed by atoms with van der Waals surface area (Å²) in [5.41, 5.74) is 0.911. The number of amides is 2. The van der Waals surface area contributed by atoms with Crippen LogP contribution in [0.15, 0.2) is 30.3 Å². The first kappa shape index (κ1) is 30.5. The second-order valence-corrected chi connectivity index (χ2v) is 10.7. The van der Waals surface area contributed by atoms with Gasteiger partial charge in [0.15, 0.2) is 5.82 Å². The first-order chi connectivity index (χ1) is 20.8. The number of methoxy groups -OCH3 is 1. The van der Waals surface area contributed by atoms with Crippen molar-refractivity contribution in [3.63, 3.8) is 0 Å². The Balaban J connectivity index is 1.46. The van der Waals surface area contributed by atoms with Gasteiger partial charge in [0.25, 0.3) is 6.43 Å². The number of piperidine rings is 1. The van der Waals surface area contributed by atoms with Crippen LogP contribution in [0.3, 0.4) is 0 Å². The molecule has 232 valence electrons. The van der Waals surface area contributed by atoms with Crippen molar-refractivity contribution >= 4 is 34.6 Å². The molecular weight excluding hydrogens is 562 g/mol. The number of rotatable bonds is 10. The van der Waals surface area contributed by atoms with Crippen molar-refractivity contribution in [1.29, 1.82) is 0 Å². The van der Waals surface area contributed by atoms with Crippen molar-refractivity contribution in [2.45, 2.75) is 45.2 Å². The molecule has 1 aromatic carbocycles. The molecule has 0 radical (unpaired) electrons. The first-order valence-corrected chi connectivity index (χ1v) is 14.6. The summed E-state index contributed by atoms with van der Waals surface area (Å²) in [5.74, 6) is 0.317. The standard InChI is InChI=1S/C29H38F2N8O4/c1-19(28(41)38(14-15-42-3)21-8-10-36(11-9-21)20(2)40)32-29-34-24(37-12-16-43-17-13-37)18-25(35-29)39-23-7-5-4-6-22(23)33-27(39)26(30)31/h4-7,18-19,21,26H,8-17H2,1-3H3,(H,32,34,35)/t19-/m0/s1. The number of imidazole rings is 1. The normalized spacial score (nSPS) is 17.0. The Labute approximate surface area is 249 Å². The molecule has 2 aliphatic rings. The molecule has 4 heterocycles. The number of fused-ring (bicyclic) bond motifs is 1. The summed E-state index contributed by atoms with van der Waals surface area (Å²) in [5, 5.41) is 3.15. The number of likely N-dealkylation sites (tertiary alicyclic amines) is 1. The summed E-state index contributed by atoms with van der Waals surface area (Å²) in [6, 6.07) is 7.78. The SMILES string of the molecule is COCCN(C(=O)[C@H](C)Nc1nc(N2CCOCC2)cc(-n2c(C(F)F)nc3ccccc32)n1)C1CCN(C(C)=O)CC1. The molecule has 1 N–H and O–H groups in total. The maximum Gasteiger partial charge on any atom is 0.296 e. The lowest BCUT2D eigenvalue weighted by Crippen LogP contribution is -2.52. The van der Waals surface area contributed by atoms with Crippen molar-refractivity contribution < 1.29 is 27.8 Å². The maximum absolute atomic E-state index is 14.2. The minimum absolute atomic E-state index is 0.0250. The third-order valence-electron chi connectivity index (χ3n) is 7.93. The molecule has 2 fully saturated rings. The highest BCUT2D eigenvalue weighted by molar-refractivity contribution is 5.84. The number of anilines is 2. The predicted molar refractivity (Wildman–Crippen MR) is 157 cm³/mol. The van der Waals surface area contributed by atoms with E-state index in [9.17, 15) is 18.4 Å². The highest BCUT2D eigenvalue weighted by Crippen LogP contribution is 2.29. The summed E-state index contributed by atoms with van der Waals surface area (Å²) < 4.78 is 40.5. The number of ether oxygens (including phenoxy) is 2. The van der Waals surface area contributed by atoms with E-state index in [1.54, 1.807) is 61.1 Å². The van der Waals surface area contributed by atoms with Crippen LogP contribution in [0, 0.1) is 0 Å². The fourth-order valence-electron chi connectivity index (χ4n) is 5.65. The van der Waals surface area contributed by atoms with Crippen LogP contribution in [0.1, 0.15) is 38.9 Å². The van der Waals surface area contributed by atoms with Gasteiger partial charge >= 0.3 is 0 Å². The van der Waals surface area contributed by atoms with Crippen molar-refractivity contribution in [3.05, 3.63) is 36.2 Å². The quantitative estimate of drug-likeness (QED) is 0.375. The van der Waals surface area contributed by atoms with Gasteiger partial charge in [0.05, 0.1) is 30.9 Å². The van der Waals surface area contributed by atoms with E-state index in [4.69, 9.17) is 14.5 Å². The number of morpholine rings is 1. The summed E-state index contributed by atoms with van der Waals surface area (Å²) in [4.78, 5) is 44.7. The molecular formula is C29H38F2N8O4. The Morgan fingerprint density at radius 3 is 2.47 bits per heavy atom. The van der Waals surface area contributed by atoms with Gasteiger partial charge in [-0.15, -0.1) is 0 Å². The van der Waals surface area contributed by atoms with Crippen molar-refractivity contribution in [3.8, 4) is 5.82 Å². The lowest BCUT2D eigenvalue weighted by atomic mass is 10.0. The number of nitrogens with zero attached hydrogens (tertiary/aromatic N) is 7. The van der Waals surface area contributed by atoms with Crippen LogP contribution in [0.2, 0.25) is 0 Å². The van der Waals surface area contributed by atoms with Gasteiger partial charge in [0.1, 0.15) is 17.7 Å². The van der Waals surface area contributed by atoms with Gasteiger partial charge in [-0.1, -0.05) is 12.1 Å². The minimum atomic E-state index is -2.84. The molecule has 43 heavy (non-hydrogen) atoms. The molecule has 0 bridgehead atoms. The number of para-hydroxylation sites is 2. The number of halogens is 2. The number of benzene rings is 1. The van der Waals surface area contributed by atoms with E-state index in [0.29, 0.717) is 82.2 Å². The number of hydrogen-bond donors (Lipinski definition) is 1. The minimum Gasteiger partial charge on any atom is -0.383 e. The molecule has 2 aliphatic heterocycles. The topological polar surface area (TPSA) is 118 Å². The van der Waals surface area contributed by atoms with E-state index >= 15 is 0 Å². The Morgan fingerprint density at radius 1 is 1.09 bits per heavy atom. The molecule has 2 aromatic heterocycles. The Morgan fingerprint density at radius 2 is 1.79 bits per heavy atom. The zero-order valence-electron chi connectivity index (χ0n) is 24.7. The van der Waals surface area contributed by atoms with Crippen LogP contribution in [-0.2, 0) is 19.1 Å². The lowest BCUT2D eigenvalue weighted by molar-refractivity contribution is -0.137. The predicted octanol–water partition coefficient (Wildman–Crippen LogP) is 2.88. The second kappa shape index (κ2) is 13.6. The molecule has 0 saturated carbocycles. The summed E-state index contributed by atoms with van der Waals surface area (Å²) >= 11 is 0. The number of carbonyl (C=O) groups is 2. The number of nitrogens with one attached hydrogen (secondary N) is 1. The summed E-state index contributed by atoms with van der Waals surface area (Å²) in [7, 11) is 1.59. The monoisotopic (exact) mass is 600 g/mol. The van der Waals surface area contributed by atoms with Gasteiger partial charge in [-0.25, -0.2) is 13.8 Å². The van der Waals surface area contributed by atoms with Gasteiger partial charge in [-0.2, -0.15) is 9.97 Å². The van der Waals surface area contributed by atoms with Gasteiger partial charge in [-0.05, 0) is 31.9 Å². The lowest BCUT2D eigenvalue weighted by Gasteiger charge is -2.39. The van der Waals surface area contributed by atoms with E-state index < -0.39 is 18.3 Å². The van der Waals surface area contributed by atoms with Crippen molar-refractivity contribution in [2.24, 2.45) is 0 Å². The molecule has 0 aliphatic carbocycles. The number of alkyl halides is 2. The molecule has 2 saturated heterocycles. The van der Waals surface area contributed by atoms with Gasteiger partial charge in [0, 0.05) is 58.9 Å². The average molecular weight is 601 g/mol. The molecule has 12 nitrogen and oxygen atoms in total. The molecule has 14 heteroatoms. The molecule has 1 atom stereocenters. The number of hydrogen-bond acceptors (Lipinski definition) is 9. The van der Waals surface area contributed by atoms with Crippen LogP contribution in [-0.4, -0.2) is 113 Å². The molecule has 0 unspecified atom stereocenters. The van der Waals surface area contributed by atoms with Crippen LogP contribution in [0.4, 0.5) is 20.5 Å². The zero-order valence-corrected chi connectivity index (χ0v) is 24.7. The van der Waals surface area contributed by atoms with E-state index in [-0.39, 0.29) is 29.6 Å². The van der Waals surface area contributed by atoms with Crippen LogP contribution in [0.25, 0.3) is 16.9 Å². The van der Waals surface area contributed by atoms with Gasteiger partial charge in [0.2, 0.25) is 17.8 Å². The van der Waals surface area contributed by atoms with Gasteiger partial charge < -0.3 is 29.5 Å². The number of carbonyl (C=O) groups excluding carboxylic acids is 2. The van der Waals surface area contributed by atoms with Crippen LogP contribution in [0.5, 0.6) is 0 Å². The average Bonchev–Trinajstić information content (AvgIpc) is 3.42. The third kappa shape index (κ3) is 6.85. The molecule has 2 amide bonds. The van der Waals surface area contributed by atoms with E-state index in [2.05, 4.69) is 15.3 Å².